The van der Waals surface area contributed by atoms with Gasteiger partial charge in [0.1, 0.15) is 5.75 Å². The van der Waals surface area contributed by atoms with Gasteiger partial charge in [0, 0.05) is 31.7 Å². The minimum absolute atomic E-state index is 0.374. The number of benzene rings is 1. The summed E-state index contributed by atoms with van der Waals surface area (Å²) >= 11 is 0. The quantitative estimate of drug-likeness (QED) is 0.880. The Morgan fingerprint density at radius 3 is 3.00 bits per heavy atom. The van der Waals surface area contributed by atoms with Crippen LogP contribution in [0.2, 0.25) is 0 Å². The highest BCUT2D eigenvalue weighted by Gasteiger charge is 2.19. The van der Waals surface area contributed by atoms with Crippen molar-refractivity contribution in [3.05, 3.63) is 29.3 Å². The fourth-order valence-electron chi connectivity index (χ4n) is 2.49. The van der Waals surface area contributed by atoms with E-state index in [4.69, 9.17) is 15.2 Å². The van der Waals surface area contributed by atoms with Crippen LogP contribution in [0.3, 0.4) is 0 Å². The van der Waals surface area contributed by atoms with Gasteiger partial charge in [0.05, 0.1) is 19.8 Å². The van der Waals surface area contributed by atoms with Crippen LogP contribution in [0.25, 0.3) is 0 Å². The zero-order valence-electron chi connectivity index (χ0n) is 11.9. The van der Waals surface area contributed by atoms with Gasteiger partial charge in [-0.3, -0.25) is 4.90 Å². The molecule has 1 fully saturated rings. The minimum Gasteiger partial charge on any atom is -0.496 e. The summed E-state index contributed by atoms with van der Waals surface area (Å²) in [6.07, 6.45) is 1.45. The topological polar surface area (TPSA) is 47.7 Å². The normalized spacial score (nSPS) is 20.5. The zero-order chi connectivity index (χ0) is 13.7. The van der Waals surface area contributed by atoms with Gasteiger partial charge in [-0.05, 0) is 18.1 Å². The third kappa shape index (κ3) is 3.69. The van der Waals surface area contributed by atoms with Crippen LogP contribution in [-0.4, -0.2) is 37.8 Å². The number of nitrogens with two attached hydrogens (primary N) is 1. The average molecular weight is 264 g/mol. The number of hydrogen-bond acceptors (Lipinski definition) is 4. The maximum Gasteiger partial charge on any atom is 0.123 e. The molecule has 1 unspecified atom stereocenters. The molecule has 1 saturated heterocycles. The molecule has 2 rings (SSSR count). The van der Waals surface area contributed by atoms with Gasteiger partial charge in [0.2, 0.25) is 0 Å². The summed E-state index contributed by atoms with van der Waals surface area (Å²) in [5.41, 5.74) is 8.01. The molecule has 1 heterocycles. The lowest BCUT2D eigenvalue weighted by atomic mass is 10.1. The second kappa shape index (κ2) is 6.89. The first-order valence-electron chi connectivity index (χ1n) is 6.96. The van der Waals surface area contributed by atoms with Gasteiger partial charge in [-0.15, -0.1) is 0 Å². The fourth-order valence-corrected chi connectivity index (χ4v) is 2.49. The minimum atomic E-state index is 0.374. The standard InChI is InChI=1S/C15H24N2O2/c1-3-14-11-17(6-7-19-14)10-12-4-5-13(9-16)15(8-12)18-2/h4-5,8,14H,3,6-7,9-11,16H2,1-2H3. The highest BCUT2D eigenvalue weighted by molar-refractivity contribution is 5.37. The molecule has 1 aliphatic rings. The van der Waals surface area contributed by atoms with Gasteiger partial charge < -0.3 is 15.2 Å². The summed E-state index contributed by atoms with van der Waals surface area (Å²) in [7, 11) is 1.69. The van der Waals surface area contributed by atoms with Crippen LogP contribution < -0.4 is 10.5 Å². The highest BCUT2D eigenvalue weighted by Crippen LogP contribution is 2.21. The van der Waals surface area contributed by atoms with Crippen LogP contribution in [0.4, 0.5) is 0 Å². The molecule has 0 amide bonds. The third-order valence-corrected chi connectivity index (χ3v) is 3.66. The van der Waals surface area contributed by atoms with E-state index >= 15 is 0 Å². The van der Waals surface area contributed by atoms with Gasteiger partial charge in [0.15, 0.2) is 0 Å². The van der Waals surface area contributed by atoms with Gasteiger partial charge in [0.25, 0.3) is 0 Å². The average Bonchev–Trinajstić information content (AvgIpc) is 2.47. The largest absolute Gasteiger partial charge is 0.496 e. The third-order valence-electron chi connectivity index (χ3n) is 3.66. The molecule has 0 radical (unpaired) electrons. The van der Waals surface area contributed by atoms with Gasteiger partial charge in [-0.1, -0.05) is 19.1 Å². The second-order valence-corrected chi connectivity index (χ2v) is 4.99. The van der Waals surface area contributed by atoms with Crippen LogP contribution in [0.15, 0.2) is 18.2 Å². The molecule has 0 aliphatic carbocycles. The monoisotopic (exact) mass is 264 g/mol. The number of hydrogen-bond donors (Lipinski definition) is 1. The molecule has 2 N–H and O–H groups in total. The van der Waals surface area contributed by atoms with E-state index in [2.05, 4.69) is 30.0 Å². The molecule has 0 spiro atoms. The maximum absolute atomic E-state index is 5.69. The summed E-state index contributed by atoms with van der Waals surface area (Å²) in [6, 6.07) is 6.30. The molecular formula is C15H24N2O2. The number of morpholine rings is 1. The molecule has 0 aromatic heterocycles. The summed E-state index contributed by atoms with van der Waals surface area (Å²) < 4.78 is 11.1. The Labute approximate surface area is 115 Å². The van der Waals surface area contributed by atoms with Crippen molar-refractivity contribution < 1.29 is 9.47 Å². The Morgan fingerprint density at radius 2 is 2.32 bits per heavy atom. The number of methoxy groups -OCH3 is 1. The lowest BCUT2D eigenvalue weighted by molar-refractivity contribution is -0.0324. The highest BCUT2D eigenvalue weighted by atomic mass is 16.5. The van der Waals surface area contributed by atoms with E-state index in [9.17, 15) is 0 Å². The number of rotatable bonds is 5. The molecular weight excluding hydrogens is 240 g/mol. The molecule has 1 aliphatic heterocycles. The molecule has 19 heavy (non-hydrogen) atoms. The molecule has 4 nitrogen and oxygen atoms in total. The molecule has 4 heteroatoms. The van der Waals surface area contributed by atoms with Crippen molar-refractivity contribution in [2.75, 3.05) is 26.8 Å². The summed E-state index contributed by atoms with van der Waals surface area (Å²) in [5, 5.41) is 0. The Kier molecular flexibility index (Phi) is 5.19. The zero-order valence-corrected chi connectivity index (χ0v) is 11.9. The Hall–Kier alpha value is -1.10. The van der Waals surface area contributed by atoms with E-state index in [-0.39, 0.29) is 0 Å². The van der Waals surface area contributed by atoms with E-state index in [0.717, 1.165) is 44.0 Å². The van der Waals surface area contributed by atoms with Crippen molar-refractivity contribution in [3.63, 3.8) is 0 Å². The van der Waals surface area contributed by atoms with Crippen LogP contribution in [0.5, 0.6) is 5.75 Å². The van der Waals surface area contributed by atoms with E-state index in [1.807, 2.05) is 0 Å². The molecule has 0 bridgehead atoms. The number of ether oxygens (including phenoxy) is 2. The van der Waals surface area contributed by atoms with Crippen molar-refractivity contribution in [1.29, 1.82) is 0 Å². The van der Waals surface area contributed by atoms with E-state index < -0.39 is 0 Å². The SMILES string of the molecule is CCC1CN(Cc2ccc(CN)c(OC)c2)CCO1. The Morgan fingerprint density at radius 1 is 1.47 bits per heavy atom. The first-order valence-corrected chi connectivity index (χ1v) is 6.96. The van der Waals surface area contributed by atoms with Crippen LogP contribution in [0, 0.1) is 0 Å². The molecule has 106 valence electrons. The molecule has 0 saturated carbocycles. The lowest BCUT2D eigenvalue weighted by Crippen LogP contribution is -2.41. The maximum atomic E-state index is 5.69. The van der Waals surface area contributed by atoms with Crippen molar-refractivity contribution in [2.45, 2.75) is 32.5 Å². The summed E-state index contributed by atoms with van der Waals surface area (Å²) in [6.45, 7) is 6.47. The Balaban J connectivity index is 2.02. The van der Waals surface area contributed by atoms with E-state index in [0.29, 0.717) is 12.6 Å². The van der Waals surface area contributed by atoms with Crippen molar-refractivity contribution in [1.82, 2.24) is 4.90 Å². The Bertz CT molecular complexity index is 409. The smallest absolute Gasteiger partial charge is 0.123 e. The first kappa shape index (κ1) is 14.3. The van der Waals surface area contributed by atoms with Crippen molar-refractivity contribution in [2.24, 2.45) is 5.73 Å². The first-order chi connectivity index (χ1) is 9.26. The predicted molar refractivity (Wildman–Crippen MR) is 76.2 cm³/mol. The van der Waals surface area contributed by atoms with Gasteiger partial charge in [-0.2, -0.15) is 0 Å². The fraction of sp³-hybridized carbons (Fsp3) is 0.600. The van der Waals surface area contributed by atoms with Crippen molar-refractivity contribution in [3.8, 4) is 5.75 Å². The van der Waals surface area contributed by atoms with Gasteiger partial charge >= 0.3 is 0 Å². The summed E-state index contributed by atoms with van der Waals surface area (Å²) in [4.78, 5) is 2.44. The van der Waals surface area contributed by atoms with Crippen LogP contribution in [0.1, 0.15) is 24.5 Å². The van der Waals surface area contributed by atoms with E-state index in [1.165, 1.54) is 5.56 Å². The van der Waals surface area contributed by atoms with Gasteiger partial charge in [-0.25, -0.2) is 0 Å². The lowest BCUT2D eigenvalue weighted by Gasteiger charge is -2.32. The predicted octanol–water partition coefficient (Wildman–Crippen LogP) is 1.76. The molecule has 1 atom stereocenters. The molecule has 1 aromatic carbocycles. The number of nitrogens with zero attached hydrogens (tertiary/aromatic N) is 1. The second-order valence-electron chi connectivity index (χ2n) is 4.99. The van der Waals surface area contributed by atoms with Crippen LogP contribution >= 0.6 is 0 Å². The van der Waals surface area contributed by atoms with Crippen LogP contribution in [-0.2, 0) is 17.8 Å². The van der Waals surface area contributed by atoms with Crippen molar-refractivity contribution >= 4 is 0 Å². The van der Waals surface area contributed by atoms with E-state index in [1.54, 1.807) is 7.11 Å². The summed E-state index contributed by atoms with van der Waals surface area (Å²) in [5.74, 6) is 0.889. The molecule has 1 aromatic rings.